The summed E-state index contributed by atoms with van der Waals surface area (Å²) in [4.78, 5) is 0. The molecule has 3 rings (SSSR count). The van der Waals surface area contributed by atoms with Gasteiger partial charge in [-0.25, -0.2) is 8.78 Å². The van der Waals surface area contributed by atoms with E-state index in [0.717, 1.165) is 21.4 Å². The van der Waals surface area contributed by atoms with Crippen LogP contribution in [-0.4, -0.2) is 4.57 Å². The van der Waals surface area contributed by atoms with Gasteiger partial charge in [-0.3, -0.25) is 0 Å². The highest BCUT2D eigenvalue weighted by Crippen LogP contribution is 2.22. The molecule has 2 aromatic carbocycles. The third-order valence-corrected chi connectivity index (χ3v) is 3.50. The van der Waals surface area contributed by atoms with E-state index < -0.39 is 11.6 Å². The van der Waals surface area contributed by atoms with Crippen molar-refractivity contribution < 1.29 is 8.78 Å². The number of hydrogen-bond donors (Lipinski definition) is 0. The van der Waals surface area contributed by atoms with Gasteiger partial charge in [0.1, 0.15) is 11.6 Å². The fourth-order valence-electron chi connectivity index (χ4n) is 2.21. The van der Waals surface area contributed by atoms with Gasteiger partial charge in [-0.15, -0.1) is 0 Å². The molecule has 96 valence electrons. The summed E-state index contributed by atoms with van der Waals surface area (Å²) < 4.78 is 29.3. The Morgan fingerprint density at radius 1 is 0.947 bits per heavy atom. The Balaban J connectivity index is 2.01. The van der Waals surface area contributed by atoms with Crippen molar-refractivity contribution >= 4 is 26.8 Å². The number of aromatic nitrogens is 1. The Morgan fingerprint density at radius 3 is 2.42 bits per heavy atom. The molecule has 0 N–H and O–H groups in total. The quantitative estimate of drug-likeness (QED) is 0.643. The molecule has 0 saturated heterocycles. The highest BCUT2D eigenvalue weighted by atomic mass is 79.9. The molecule has 1 heterocycles. The van der Waals surface area contributed by atoms with E-state index in [2.05, 4.69) is 15.9 Å². The van der Waals surface area contributed by atoms with Gasteiger partial charge in [-0.2, -0.15) is 0 Å². The SMILES string of the molecule is Fc1cc(F)cc(Cn2ccc3cc(Br)ccc32)c1. The zero-order chi connectivity index (χ0) is 13.4. The number of hydrogen-bond acceptors (Lipinski definition) is 0. The van der Waals surface area contributed by atoms with Gasteiger partial charge in [0, 0.05) is 34.2 Å². The van der Waals surface area contributed by atoms with E-state index in [1.165, 1.54) is 12.1 Å². The minimum absolute atomic E-state index is 0.444. The summed E-state index contributed by atoms with van der Waals surface area (Å²) in [6.07, 6.45) is 1.92. The lowest BCUT2D eigenvalue weighted by Gasteiger charge is -2.06. The standard InChI is InChI=1S/C15H10BrF2N/c16-12-1-2-15-11(7-12)3-4-19(15)9-10-5-13(17)8-14(18)6-10/h1-8H,9H2. The largest absolute Gasteiger partial charge is 0.343 e. The van der Waals surface area contributed by atoms with Gasteiger partial charge in [0.15, 0.2) is 0 Å². The molecular weight excluding hydrogens is 312 g/mol. The van der Waals surface area contributed by atoms with Crippen molar-refractivity contribution in [2.24, 2.45) is 0 Å². The van der Waals surface area contributed by atoms with Gasteiger partial charge in [0.2, 0.25) is 0 Å². The van der Waals surface area contributed by atoms with Crippen LogP contribution in [0, 0.1) is 11.6 Å². The number of benzene rings is 2. The maximum Gasteiger partial charge on any atom is 0.126 e. The van der Waals surface area contributed by atoms with E-state index >= 15 is 0 Å². The van der Waals surface area contributed by atoms with E-state index in [-0.39, 0.29) is 0 Å². The van der Waals surface area contributed by atoms with Gasteiger partial charge in [0.05, 0.1) is 0 Å². The molecule has 19 heavy (non-hydrogen) atoms. The minimum atomic E-state index is -0.547. The lowest BCUT2D eigenvalue weighted by atomic mass is 10.2. The topological polar surface area (TPSA) is 4.93 Å². The predicted molar refractivity (Wildman–Crippen MR) is 75.1 cm³/mol. The first-order chi connectivity index (χ1) is 9.11. The molecule has 0 aliphatic carbocycles. The second-order valence-electron chi connectivity index (χ2n) is 4.42. The first kappa shape index (κ1) is 12.4. The molecule has 0 fully saturated rings. The van der Waals surface area contributed by atoms with Crippen LogP contribution in [0.2, 0.25) is 0 Å². The third-order valence-electron chi connectivity index (χ3n) is 3.01. The van der Waals surface area contributed by atoms with Crippen molar-refractivity contribution in [1.82, 2.24) is 4.57 Å². The van der Waals surface area contributed by atoms with Gasteiger partial charge in [0.25, 0.3) is 0 Å². The molecule has 0 aliphatic heterocycles. The highest BCUT2D eigenvalue weighted by Gasteiger charge is 2.05. The lowest BCUT2D eigenvalue weighted by Crippen LogP contribution is -1.99. The molecule has 3 aromatic rings. The first-order valence-corrected chi connectivity index (χ1v) is 6.60. The van der Waals surface area contributed by atoms with Crippen molar-refractivity contribution in [2.45, 2.75) is 6.54 Å². The second-order valence-corrected chi connectivity index (χ2v) is 5.34. The van der Waals surface area contributed by atoms with Crippen LogP contribution in [0.3, 0.4) is 0 Å². The number of halogens is 3. The molecule has 0 radical (unpaired) electrons. The maximum absolute atomic E-state index is 13.2. The number of rotatable bonds is 2. The molecule has 0 bridgehead atoms. The van der Waals surface area contributed by atoms with Crippen LogP contribution in [0.4, 0.5) is 8.78 Å². The lowest BCUT2D eigenvalue weighted by molar-refractivity contribution is 0.578. The molecular formula is C15H10BrF2N. The van der Waals surface area contributed by atoms with E-state index in [9.17, 15) is 8.78 Å². The summed E-state index contributed by atoms with van der Waals surface area (Å²) in [5, 5.41) is 1.09. The average Bonchev–Trinajstić information content (AvgIpc) is 2.70. The van der Waals surface area contributed by atoms with E-state index in [4.69, 9.17) is 0 Å². The summed E-state index contributed by atoms with van der Waals surface area (Å²) >= 11 is 3.42. The number of fused-ring (bicyclic) bond motifs is 1. The van der Waals surface area contributed by atoms with Crippen molar-refractivity contribution in [3.8, 4) is 0 Å². The van der Waals surface area contributed by atoms with Crippen LogP contribution < -0.4 is 0 Å². The van der Waals surface area contributed by atoms with Crippen LogP contribution in [0.5, 0.6) is 0 Å². The second kappa shape index (κ2) is 4.78. The summed E-state index contributed by atoms with van der Waals surface area (Å²) in [5.74, 6) is -1.09. The predicted octanol–water partition coefficient (Wildman–Crippen LogP) is 4.73. The van der Waals surface area contributed by atoms with E-state index in [0.29, 0.717) is 12.1 Å². The Kier molecular flexibility index (Phi) is 3.11. The molecule has 0 saturated carbocycles. The molecule has 0 amide bonds. The van der Waals surface area contributed by atoms with Crippen molar-refractivity contribution in [2.75, 3.05) is 0 Å². The fourth-order valence-corrected chi connectivity index (χ4v) is 2.59. The molecule has 1 aromatic heterocycles. The van der Waals surface area contributed by atoms with Crippen LogP contribution in [0.1, 0.15) is 5.56 Å². The summed E-state index contributed by atoms with van der Waals surface area (Å²) in [7, 11) is 0. The molecule has 0 aliphatic rings. The zero-order valence-corrected chi connectivity index (χ0v) is 11.5. The molecule has 4 heteroatoms. The van der Waals surface area contributed by atoms with Gasteiger partial charge >= 0.3 is 0 Å². The maximum atomic E-state index is 13.2. The molecule has 1 nitrogen and oxygen atoms in total. The Labute approximate surface area is 117 Å². The summed E-state index contributed by atoms with van der Waals surface area (Å²) in [6.45, 7) is 0.444. The van der Waals surface area contributed by atoms with Gasteiger partial charge in [-0.05, 0) is 42.0 Å². The van der Waals surface area contributed by atoms with Crippen molar-refractivity contribution in [1.29, 1.82) is 0 Å². The Hall–Kier alpha value is -1.68. The summed E-state index contributed by atoms with van der Waals surface area (Å²) in [5.41, 5.74) is 1.64. The zero-order valence-electron chi connectivity index (χ0n) is 9.91. The van der Waals surface area contributed by atoms with Crippen LogP contribution in [0.15, 0.2) is 53.1 Å². The van der Waals surface area contributed by atoms with Gasteiger partial charge < -0.3 is 4.57 Å². The van der Waals surface area contributed by atoms with Crippen molar-refractivity contribution in [3.05, 3.63) is 70.3 Å². The van der Waals surface area contributed by atoms with Crippen molar-refractivity contribution in [3.63, 3.8) is 0 Å². The van der Waals surface area contributed by atoms with E-state index in [1.54, 1.807) is 0 Å². The average molecular weight is 322 g/mol. The highest BCUT2D eigenvalue weighted by molar-refractivity contribution is 9.10. The number of nitrogens with zero attached hydrogens (tertiary/aromatic N) is 1. The molecule has 0 atom stereocenters. The van der Waals surface area contributed by atoms with Crippen LogP contribution in [0.25, 0.3) is 10.9 Å². The third kappa shape index (κ3) is 2.54. The van der Waals surface area contributed by atoms with E-state index in [1.807, 2.05) is 35.0 Å². The van der Waals surface area contributed by atoms with Gasteiger partial charge in [-0.1, -0.05) is 15.9 Å². The molecule has 0 spiro atoms. The molecule has 0 unspecified atom stereocenters. The van der Waals surface area contributed by atoms with Crippen LogP contribution >= 0.6 is 15.9 Å². The summed E-state index contributed by atoms with van der Waals surface area (Å²) in [6, 6.07) is 11.5. The minimum Gasteiger partial charge on any atom is -0.343 e. The monoisotopic (exact) mass is 321 g/mol. The Bertz CT molecular complexity index is 729. The normalized spacial score (nSPS) is 11.1. The Morgan fingerprint density at radius 2 is 1.68 bits per heavy atom. The smallest absolute Gasteiger partial charge is 0.126 e. The van der Waals surface area contributed by atoms with Crippen LogP contribution in [-0.2, 0) is 6.54 Å². The first-order valence-electron chi connectivity index (χ1n) is 5.81. The fraction of sp³-hybridized carbons (Fsp3) is 0.0667.